The zero-order valence-electron chi connectivity index (χ0n) is 14.9. The van der Waals surface area contributed by atoms with Crippen molar-refractivity contribution >= 4 is 22.5 Å². The van der Waals surface area contributed by atoms with Gasteiger partial charge in [-0.25, -0.2) is 4.98 Å². The maximum Gasteiger partial charge on any atom is 0.255 e. The number of amides is 1. The highest BCUT2D eigenvalue weighted by molar-refractivity contribution is 6.03. The SMILES string of the molecule is O=C(NCc1ccc(N2CCOCC2)nc1)c1ccc2ccccc2c1O. The molecule has 1 saturated heterocycles. The Balaban J connectivity index is 1.42. The molecule has 0 spiro atoms. The monoisotopic (exact) mass is 363 g/mol. The smallest absolute Gasteiger partial charge is 0.255 e. The number of anilines is 1. The summed E-state index contributed by atoms with van der Waals surface area (Å²) in [7, 11) is 0. The van der Waals surface area contributed by atoms with Crippen LogP contribution in [0.3, 0.4) is 0 Å². The molecule has 0 bridgehead atoms. The normalized spacial score (nSPS) is 14.3. The molecule has 3 aromatic rings. The summed E-state index contributed by atoms with van der Waals surface area (Å²) in [6, 6.07) is 14.8. The van der Waals surface area contributed by atoms with E-state index in [0.29, 0.717) is 11.9 Å². The second-order valence-electron chi connectivity index (χ2n) is 6.49. The molecule has 2 N–H and O–H groups in total. The molecule has 2 heterocycles. The fourth-order valence-corrected chi connectivity index (χ4v) is 3.22. The van der Waals surface area contributed by atoms with Gasteiger partial charge in [-0.2, -0.15) is 0 Å². The third kappa shape index (κ3) is 3.71. The van der Waals surface area contributed by atoms with Gasteiger partial charge in [0, 0.05) is 31.2 Å². The average molecular weight is 363 g/mol. The maximum atomic E-state index is 12.5. The van der Waals surface area contributed by atoms with E-state index in [9.17, 15) is 9.90 Å². The molecule has 0 aliphatic carbocycles. The van der Waals surface area contributed by atoms with E-state index >= 15 is 0 Å². The molecule has 0 atom stereocenters. The number of carbonyl (C=O) groups is 1. The average Bonchev–Trinajstić information content (AvgIpc) is 2.73. The molecule has 4 rings (SSSR count). The van der Waals surface area contributed by atoms with Crippen LogP contribution in [0.5, 0.6) is 5.75 Å². The number of ether oxygens (including phenoxy) is 1. The third-order valence-electron chi connectivity index (χ3n) is 4.74. The molecule has 0 saturated carbocycles. The first-order chi connectivity index (χ1) is 13.2. The molecule has 1 aromatic heterocycles. The summed E-state index contributed by atoms with van der Waals surface area (Å²) in [5, 5.41) is 14.8. The second-order valence-corrected chi connectivity index (χ2v) is 6.49. The van der Waals surface area contributed by atoms with Crippen molar-refractivity contribution in [2.24, 2.45) is 0 Å². The Morgan fingerprint density at radius 1 is 1.11 bits per heavy atom. The fourth-order valence-electron chi connectivity index (χ4n) is 3.22. The Labute approximate surface area is 157 Å². The lowest BCUT2D eigenvalue weighted by molar-refractivity contribution is 0.0948. The summed E-state index contributed by atoms with van der Waals surface area (Å²) in [4.78, 5) is 19.1. The summed E-state index contributed by atoms with van der Waals surface area (Å²) in [5.41, 5.74) is 1.17. The Morgan fingerprint density at radius 2 is 1.93 bits per heavy atom. The molecule has 6 nitrogen and oxygen atoms in total. The van der Waals surface area contributed by atoms with Crippen molar-refractivity contribution in [3.63, 3.8) is 0 Å². The Bertz CT molecular complexity index is 951. The van der Waals surface area contributed by atoms with Gasteiger partial charge in [0.25, 0.3) is 5.91 Å². The minimum atomic E-state index is -0.310. The van der Waals surface area contributed by atoms with Crippen LogP contribution in [0, 0.1) is 0 Å². The molecule has 1 amide bonds. The van der Waals surface area contributed by atoms with Gasteiger partial charge in [-0.1, -0.05) is 36.4 Å². The lowest BCUT2D eigenvalue weighted by atomic mass is 10.0. The number of morpholine rings is 1. The number of hydrogen-bond donors (Lipinski definition) is 2. The van der Waals surface area contributed by atoms with Crippen LogP contribution < -0.4 is 10.2 Å². The van der Waals surface area contributed by atoms with Gasteiger partial charge < -0.3 is 20.1 Å². The predicted octanol–water partition coefficient (Wildman–Crippen LogP) is 2.71. The van der Waals surface area contributed by atoms with Crippen LogP contribution in [-0.4, -0.2) is 42.3 Å². The molecule has 0 unspecified atom stereocenters. The fraction of sp³-hybridized carbons (Fsp3) is 0.238. The van der Waals surface area contributed by atoms with Gasteiger partial charge in [-0.05, 0) is 23.1 Å². The Morgan fingerprint density at radius 3 is 2.70 bits per heavy atom. The molecule has 0 radical (unpaired) electrons. The van der Waals surface area contributed by atoms with Gasteiger partial charge in [-0.15, -0.1) is 0 Å². The maximum absolute atomic E-state index is 12.5. The number of benzene rings is 2. The van der Waals surface area contributed by atoms with Crippen molar-refractivity contribution < 1.29 is 14.6 Å². The number of hydrogen-bond acceptors (Lipinski definition) is 5. The largest absolute Gasteiger partial charge is 0.506 e. The third-order valence-corrected chi connectivity index (χ3v) is 4.74. The van der Waals surface area contributed by atoms with Crippen LogP contribution in [0.4, 0.5) is 5.82 Å². The summed E-state index contributed by atoms with van der Waals surface area (Å²) in [6.07, 6.45) is 1.77. The first-order valence-electron chi connectivity index (χ1n) is 8.99. The first-order valence-corrected chi connectivity index (χ1v) is 8.99. The second kappa shape index (κ2) is 7.63. The zero-order chi connectivity index (χ0) is 18.6. The number of fused-ring (bicyclic) bond motifs is 1. The van der Waals surface area contributed by atoms with E-state index in [0.717, 1.165) is 43.1 Å². The van der Waals surface area contributed by atoms with Gasteiger partial charge in [0.05, 0.1) is 18.8 Å². The number of nitrogens with zero attached hydrogens (tertiary/aromatic N) is 2. The van der Waals surface area contributed by atoms with Crippen LogP contribution in [0.15, 0.2) is 54.7 Å². The zero-order valence-corrected chi connectivity index (χ0v) is 14.9. The van der Waals surface area contributed by atoms with E-state index < -0.39 is 0 Å². The van der Waals surface area contributed by atoms with Crippen molar-refractivity contribution in [1.82, 2.24) is 10.3 Å². The van der Waals surface area contributed by atoms with Crippen molar-refractivity contribution in [3.8, 4) is 5.75 Å². The van der Waals surface area contributed by atoms with Crippen LogP contribution in [-0.2, 0) is 11.3 Å². The van der Waals surface area contributed by atoms with Crippen LogP contribution in [0.1, 0.15) is 15.9 Å². The van der Waals surface area contributed by atoms with Gasteiger partial charge >= 0.3 is 0 Å². The number of aromatic hydroxyl groups is 1. The number of aromatic nitrogens is 1. The summed E-state index contributed by atoms with van der Waals surface area (Å²) in [6.45, 7) is 3.46. The van der Waals surface area contributed by atoms with Crippen LogP contribution in [0.25, 0.3) is 10.8 Å². The summed E-state index contributed by atoms with van der Waals surface area (Å²) < 4.78 is 5.35. The van der Waals surface area contributed by atoms with Crippen molar-refractivity contribution in [3.05, 3.63) is 65.9 Å². The predicted molar refractivity (Wildman–Crippen MR) is 104 cm³/mol. The molecule has 27 heavy (non-hydrogen) atoms. The van der Waals surface area contributed by atoms with E-state index in [2.05, 4.69) is 15.2 Å². The lowest BCUT2D eigenvalue weighted by Gasteiger charge is -2.27. The van der Waals surface area contributed by atoms with Crippen molar-refractivity contribution in [2.75, 3.05) is 31.2 Å². The van der Waals surface area contributed by atoms with E-state index in [1.165, 1.54) is 0 Å². The molecule has 1 aliphatic heterocycles. The Hall–Kier alpha value is -3.12. The van der Waals surface area contributed by atoms with E-state index in [1.807, 2.05) is 36.4 Å². The lowest BCUT2D eigenvalue weighted by Crippen LogP contribution is -2.36. The number of phenolic OH excluding ortho intramolecular Hbond substituents is 1. The van der Waals surface area contributed by atoms with E-state index in [4.69, 9.17) is 4.74 Å². The highest BCUT2D eigenvalue weighted by Gasteiger charge is 2.14. The Kier molecular flexibility index (Phi) is 4.89. The highest BCUT2D eigenvalue weighted by Crippen LogP contribution is 2.28. The highest BCUT2D eigenvalue weighted by atomic mass is 16.5. The number of phenols is 1. The summed E-state index contributed by atoms with van der Waals surface area (Å²) in [5.74, 6) is 0.613. The van der Waals surface area contributed by atoms with Gasteiger partial charge in [0.15, 0.2) is 0 Å². The first kappa shape index (κ1) is 17.3. The van der Waals surface area contributed by atoms with Crippen LogP contribution >= 0.6 is 0 Å². The minimum absolute atomic E-state index is 0.00592. The number of carbonyl (C=O) groups excluding carboxylic acids is 1. The topological polar surface area (TPSA) is 74.7 Å². The molecular weight excluding hydrogens is 342 g/mol. The van der Waals surface area contributed by atoms with E-state index in [1.54, 1.807) is 18.3 Å². The van der Waals surface area contributed by atoms with Crippen molar-refractivity contribution in [2.45, 2.75) is 6.54 Å². The quantitative estimate of drug-likeness (QED) is 0.746. The number of rotatable bonds is 4. The van der Waals surface area contributed by atoms with Gasteiger partial charge in [-0.3, -0.25) is 4.79 Å². The number of nitrogens with one attached hydrogen (secondary N) is 1. The standard InChI is InChI=1S/C21H21N3O3/c25-20-17-4-2-1-3-16(17)6-7-18(20)21(26)23-14-15-5-8-19(22-13-15)24-9-11-27-12-10-24/h1-8,13,25H,9-12,14H2,(H,23,26). The molecule has 1 fully saturated rings. The number of pyridine rings is 1. The van der Waals surface area contributed by atoms with Crippen molar-refractivity contribution in [1.29, 1.82) is 0 Å². The van der Waals surface area contributed by atoms with Gasteiger partial charge in [0.2, 0.25) is 0 Å². The molecular formula is C21H21N3O3. The molecule has 6 heteroatoms. The van der Waals surface area contributed by atoms with Gasteiger partial charge in [0.1, 0.15) is 11.6 Å². The molecule has 1 aliphatic rings. The minimum Gasteiger partial charge on any atom is -0.506 e. The van der Waals surface area contributed by atoms with E-state index in [-0.39, 0.29) is 17.2 Å². The molecule has 2 aromatic carbocycles. The summed E-state index contributed by atoms with van der Waals surface area (Å²) >= 11 is 0. The molecule has 138 valence electrons. The van der Waals surface area contributed by atoms with Crippen LogP contribution in [0.2, 0.25) is 0 Å².